The summed E-state index contributed by atoms with van der Waals surface area (Å²) in [5.41, 5.74) is 0.184. The number of halogens is 1. The molecule has 8 heteroatoms. The Morgan fingerprint density at radius 3 is 2.35 bits per heavy atom. The van der Waals surface area contributed by atoms with Crippen LogP contribution in [0.3, 0.4) is 0 Å². The average Bonchev–Trinajstić information content (AvgIpc) is 2.78. The number of sulfone groups is 1. The molecule has 0 aromatic heterocycles. The lowest BCUT2D eigenvalue weighted by Gasteiger charge is -2.19. The van der Waals surface area contributed by atoms with Crippen LogP contribution in [0.15, 0.2) is 76.5 Å². The van der Waals surface area contributed by atoms with Crippen molar-refractivity contribution in [2.24, 2.45) is 0 Å². The van der Waals surface area contributed by atoms with Crippen LogP contribution >= 0.6 is 0 Å². The summed E-state index contributed by atoms with van der Waals surface area (Å²) < 4.78 is 49.3. The van der Waals surface area contributed by atoms with Crippen LogP contribution in [-0.4, -0.2) is 33.4 Å². The number of carbonyl (C=O) groups is 2. The zero-order chi connectivity index (χ0) is 22.0. The zero-order valence-electron chi connectivity index (χ0n) is 16.2. The molecule has 0 saturated carbocycles. The van der Waals surface area contributed by atoms with Gasteiger partial charge in [0.1, 0.15) is 11.6 Å². The largest absolute Gasteiger partial charge is 0.493 e. The summed E-state index contributed by atoms with van der Waals surface area (Å²) in [5.74, 6) is -0.972. The second kappa shape index (κ2) is 8.31. The predicted octanol–water partition coefficient (Wildman–Crippen LogP) is 3.83. The van der Waals surface area contributed by atoms with Gasteiger partial charge in [-0.25, -0.2) is 17.6 Å². The highest BCUT2D eigenvalue weighted by Gasteiger charge is 2.35. The van der Waals surface area contributed by atoms with Crippen molar-refractivity contribution < 1.29 is 31.9 Å². The van der Waals surface area contributed by atoms with Crippen molar-refractivity contribution in [3.63, 3.8) is 0 Å². The van der Waals surface area contributed by atoms with Crippen LogP contribution in [0.1, 0.15) is 32.7 Å². The summed E-state index contributed by atoms with van der Waals surface area (Å²) in [7, 11) is -3.93. The molecule has 3 aromatic carbocycles. The highest BCUT2D eigenvalue weighted by molar-refractivity contribution is 7.91. The molecule has 1 aliphatic rings. The van der Waals surface area contributed by atoms with E-state index in [0.29, 0.717) is 12.2 Å². The van der Waals surface area contributed by atoms with Crippen molar-refractivity contribution in [1.82, 2.24) is 0 Å². The van der Waals surface area contributed by atoms with Gasteiger partial charge in [0, 0.05) is 17.5 Å². The topological polar surface area (TPSA) is 86.7 Å². The lowest BCUT2D eigenvalue weighted by molar-refractivity contribution is 0.0485. The number of hydrogen-bond acceptors (Lipinski definition) is 6. The molecule has 158 valence electrons. The minimum absolute atomic E-state index is 0.0305. The first kappa shape index (κ1) is 20.7. The maximum Gasteiger partial charge on any atom is 0.338 e. The molecule has 3 aromatic rings. The van der Waals surface area contributed by atoms with E-state index in [1.165, 1.54) is 54.6 Å². The Morgan fingerprint density at radius 2 is 1.58 bits per heavy atom. The molecule has 0 amide bonds. The first-order valence-corrected chi connectivity index (χ1v) is 10.9. The Bertz CT molecular complexity index is 1270. The fourth-order valence-electron chi connectivity index (χ4n) is 3.24. The molecule has 0 bridgehead atoms. The standard InChI is InChI=1S/C23H17FO6S/c24-16-7-9-17(10-8-16)29-12-3-13-30-23(26)15-6-11-19-21(14-15)31(27,28)20-5-2-1-4-18(20)22(19)25/h1-2,4-11,14H,3,12-13H2. The van der Waals surface area contributed by atoms with Crippen LogP contribution in [0, 0.1) is 5.82 Å². The second-order valence-electron chi connectivity index (χ2n) is 6.83. The minimum Gasteiger partial charge on any atom is -0.493 e. The molecular weight excluding hydrogens is 423 g/mol. The van der Waals surface area contributed by atoms with Crippen LogP contribution in [0.25, 0.3) is 0 Å². The van der Waals surface area contributed by atoms with Crippen LogP contribution < -0.4 is 4.74 Å². The SMILES string of the molecule is O=C(OCCCOc1ccc(F)cc1)c1ccc2c(c1)S(=O)(=O)c1ccccc1C2=O. The third-order valence-electron chi connectivity index (χ3n) is 4.78. The van der Waals surface area contributed by atoms with Gasteiger partial charge in [0.25, 0.3) is 0 Å². The number of carbonyl (C=O) groups excluding carboxylic acids is 2. The third kappa shape index (κ3) is 4.06. The number of fused-ring (bicyclic) bond motifs is 2. The van der Waals surface area contributed by atoms with Crippen LogP contribution in [0.2, 0.25) is 0 Å². The minimum atomic E-state index is -3.93. The molecule has 0 radical (unpaired) electrons. The number of rotatable bonds is 6. The normalized spacial score (nSPS) is 13.8. The van der Waals surface area contributed by atoms with Gasteiger partial charge < -0.3 is 9.47 Å². The van der Waals surface area contributed by atoms with E-state index in [0.717, 1.165) is 0 Å². The van der Waals surface area contributed by atoms with Crippen LogP contribution in [0.4, 0.5) is 4.39 Å². The number of esters is 1. The van der Waals surface area contributed by atoms with Crippen molar-refractivity contribution in [2.45, 2.75) is 16.2 Å². The first-order valence-electron chi connectivity index (χ1n) is 9.46. The van der Waals surface area contributed by atoms with Crippen molar-refractivity contribution in [3.8, 4) is 5.75 Å². The van der Waals surface area contributed by atoms with E-state index in [1.54, 1.807) is 12.1 Å². The Balaban J connectivity index is 1.42. The molecule has 0 spiro atoms. The fourth-order valence-corrected chi connectivity index (χ4v) is 4.92. The van der Waals surface area contributed by atoms with Gasteiger partial charge >= 0.3 is 5.97 Å². The highest BCUT2D eigenvalue weighted by Crippen LogP contribution is 2.34. The number of ether oxygens (including phenoxy) is 2. The Morgan fingerprint density at radius 1 is 0.871 bits per heavy atom. The average molecular weight is 440 g/mol. The summed E-state index contributed by atoms with van der Waals surface area (Å²) in [4.78, 5) is 24.7. The van der Waals surface area contributed by atoms with Gasteiger partial charge in [-0.05, 0) is 54.6 Å². The van der Waals surface area contributed by atoms with Gasteiger partial charge in [0.15, 0.2) is 5.78 Å². The smallest absolute Gasteiger partial charge is 0.338 e. The second-order valence-corrected chi connectivity index (χ2v) is 8.72. The molecule has 31 heavy (non-hydrogen) atoms. The molecule has 0 unspecified atom stereocenters. The molecule has 4 rings (SSSR count). The summed E-state index contributed by atoms with van der Waals surface area (Å²) >= 11 is 0. The molecular formula is C23H17FO6S. The summed E-state index contributed by atoms with van der Waals surface area (Å²) in [6.07, 6.45) is 0.387. The van der Waals surface area contributed by atoms with Crippen molar-refractivity contribution in [3.05, 3.63) is 89.2 Å². The molecule has 0 fully saturated rings. The molecule has 6 nitrogen and oxygen atoms in total. The number of ketones is 1. The molecule has 0 aliphatic carbocycles. The van der Waals surface area contributed by atoms with Crippen molar-refractivity contribution >= 4 is 21.6 Å². The molecule has 0 saturated heterocycles. The van der Waals surface area contributed by atoms with E-state index in [1.807, 2.05) is 0 Å². The Hall–Kier alpha value is -3.52. The van der Waals surface area contributed by atoms with Gasteiger partial charge in [-0.1, -0.05) is 12.1 Å². The summed E-state index contributed by atoms with van der Waals surface area (Å²) in [6, 6.07) is 15.4. The molecule has 1 heterocycles. The third-order valence-corrected chi connectivity index (χ3v) is 6.63. The predicted molar refractivity (Wildman–Crippen MR) is 109 cm³/mol. The first-order chi connectivity index (χ1) is 14.9. The van der Waals surface area contributed by atoms with E-state index in [-0.39, 0.29) is 45.5 Å². The van der Waals surface area contributed by atoms with E-state index < -0.39 is 21.6 Å². The van der Waals surface area contributed by atoms with Gasteiger partial charge in [-0.2, -0.15) is 0 Å². The quantitative estimate of drug-likeness (QED) is 0.335. The zero-order valence-corrected chi connectivity index (χ0v) is 17.0. The van der Waals surface area contributed by atoms with Gasteiger partial charge in [0.05, 0.1) is 28.6 Å². The number of benzene rings is 3. The van der Waals surface area contributed by atoms with E-state index in [4.69, 9.17) is 9.47 Å². The molecule has 1 aliphatic heterocycles. The van der Waals surface area contributed by atoms with Gasteiger partial charge in [-0.3, -0.25) is 4.79 Å². The van der Waals surface area contributed by atoms with E-state index in [2.05, 4.69) is 0 Å². The fraction of sp³-hybridized carbons (Fsp3) is 0.130. The van der Waals surface area contributed by atoms with Crippen LogP contribution in [0.5, 0.6) is 5.75 Å². The molecule has 0 N–H and O–H groups in total. The van der Waals surface area contributed by atoms with E-state index >= 15 is 0 Å². The monoisotopic (exact) mass is 440 g/mol. The number of hydrogen-bond donors (Lipinski definition) is 0. The van der Waals surface area contributed by atoms with Crippen LogP contribution in [-0.2, 0) is 14.6 Å². The summed E-state index contributed by atoms with van der Waals surface area (Å²) in [6.45, 7) is 0.300. The van der Waals surface area contributed by atoms with Crippen molar-refractivity contribution in [1.29, 1.82) is 0 Å². The highest BCUT2D eigenvalue weighted by atomic mass is 32.2. The lowest BCUT2D eigenvalue weighted by Crippen LogP contribution is -2.21. The maximum absolute atomic E-state index is 12.9. The Kier molecular flexibility index (Phi) is 5.56. The van der Waals surface area contributed by atoms with Gasteiger partial charge in [-0.15, -0.1) is 0 Å². The lowest BCUT2D eigenvalue weighted by atomic mass is 10.0. The van der Waals surface area contributed by atoms with Crippen molar-refractivity contribution in [2.75, 3.05) is 13.2 Å². The van der Waals surface area contributed by atoms with Gasteiger partial charge in [0.2, 0.25) is 9.84 Å². The summed E-state index contributed by atoms with van der Waals surface area (Å²) in [5, 5.41) is 0. The van der Waals surface area contributed by atoms with E-state index in [9.17, 15) is 22.4 Å². The maximum atomic E-state index is 12.9. The Labute approximate surface area is 178 Å². The molecule has 0 atom stereocenters.